The molecule has 0 aliphatic carbocycles. The van der Waals surface area contributed by atoms with Crippen molar-refractivity contribution in [2.45, 2.75) is 67.3 Å². The molecule has 1 aliphatic rings. The summed E-state index contributed by atoms with van der Waals surface area (Å²) in [6.45, 7) is 15.7. The van der Waals surface area contributed by atoms with E-state index in [0.717, 1.165) is 27.8 Å². The van der Waals surface area contributed by atoms with Gasteiger partial charge in [0.15, 0.2) is 5.43 Å². The third-order valence-corrected chi connectivity index (χ3v) is 7.15. The monoisotopic (exact) mass is 560 g/mol. The lowest BCUT2D eigenvalue weighted by molar-refractivity contribution is 0.286. The predicted octanol–water partition coefficient (Wildman–Crippen LogP) is 6.20. The minimum absolute atomic E-state index is 0.0138. The third-order valence-electron chi connectivity index (χ3n) is 6.96. The van der Waals surface area contributed by atoms with Crippen LogP contribution in [0.15, 0.2) is 44.8 Å². The zero-order chi connectivity index (χ0) is 29.3. The molecule has 3 heterocycles. The number of halogens is 1. The highest BCUT2D eigenvalue weighted by Crippen LogP contribution is 2.35. The van der Waals surface area contributed by atoms with Gasteiger partial charge in [0.05, 0.1) is 35.2 Å². The molecule has 4 aromatic rings. The second-order valence-electron chi connectivity index (χ2n) is 10.0. The zero-order valence-electron chi connectivity index (χ0n) is 24.1. The molecule has 0 bridgehead atoms. The van der Waals surface area contributed by atoms with Gasteiger partial charge in [-0.1, -0.05) is 45.9 Å². The fourth-order valence-corrected chi connectivity index (χ4v) is 5.16. The van der Waals surface area contributed by atoms with Crippen molar-refractivity contribution in [2.24, 2.45) is 5.16 Å². The van der Waals surface area contributed by atoms with Crippen molar-refractivity contribution in [3.63, 3.8) is 0 Å². The number of nitrogens with zero attached hydrogens (tertiary/aromatic N) is 3. The summed E-state index contributed by atoms with van der Waals surface area (Å²) in [4.78, 5) is 22.0. The number of aryl methyl sites for hydroxylation is 1. The summed E-state index contributed by atoms with van der Waals surface area (Å²) in [5.74, 6) is 0.757. The van der Waals surface area contributed by atoms with E-state index < -0.39 is 7.12 Å². The van der Waals surface area contributed by atoms with Gasteiger partial charge in [-0.3, -0.25) is 4.79 Å². The van der Waals surface area contributed by atoms with Crippen molar-refractivity contribution in [3.05, 3.63) is 79.5 Å². The molecule has 0 amide bonds. The number of nitrogens with one attached hydrogen (secondary N) is 1. The average molecular weight is 561 g/mol. The normalized spacial score (nSPS) is 13.0. The van der Waals surface area contributed by atoms with E-state index in [1.807, 2.05) is 73.6 Å². The fraction of sp³-hybridized carbons (Fsp3) is 0.333. The van der Waals surface area contributed by atoms with Gasteiger partial charge in [-0.2, -0.15) is 0 Å². The van der Waals surface area contributed by atoms with Gasteiger partial charge < -0.3 is 19.5 Å². The lowest BCUT2D eigenvalue weighted by Gasteiger charge is -2.22. The van der Waals surface area contributed by atoms with Crippen molar-refractivity contribution in [2.75, 3.05) is 5.32 Å². The molecule has 2 aromatic heterocycles. The molecule has 5 rings (SSSR count). The van der Waals surface area contributed by atoms with Crippen molar-refractivity contribution < 1.29 is 14.2 Å². The van der Waals surface area contributed by atoms with Crippen LogP contribution in [0, 0.1) is 20.8 Å². The molecule has 10 heteroatoms. The largest absolute Gasteiger partial charge is 0.583 e. The van der Waals surface area contributed by atoms with E-state index >= 15 is 0 Å². The predicted molar refractivity (Wildman–Crippen MR) is 163 cm³/mol. The number of aromatic nitrogens is 2. The minimum Gasteiger partial charge on any atom is -0.460 e. The number of hydrogen-bond acceptors (Lipinski definition) is 8. The van der Waals surface area contributed by atoms with Gasteiger partial charge in [-0.05, 0) is 56.5 Å². The molecule has 0 saturated heterocycles. The van der Waals surface area contributed by atoms with E-state index in [4.69, 9.17) is 20.8 Å². The summed E-state index contributed by atoms with van der Waals surface area (Å²) in [6, 6.07) is 7.30. The third kappa shape index (κ3) is 5.36. The van der Waals surface area contributed by atoms with Gasteiger partial charge in [-0.25, -0.2) is 9.97 Å². The molecule has 2 aromatic carbocycles. The minimum atomic E-state index is -1.13. The van der Waals surface area contributed by atoms with Crippen LogP contribution in [0.25, 0.3) is 22.2 Å². The first kappa shape index (κ1) is 29.3. The summed E-state index contributed by atoms with van der Waals surface area (Å²) in [6.07, 6.45) is 3.22. The van der Waals surface area contributed by atoms with E-state index in [0.29, 0.717) is 39.1 Å². The zero-order valence-corrected chi connectivity index (χ0v) is 24.8. The van der Waals surface area contributed by atoms with Crippen LogP contribution in [0.3, 0.4) is 0 Å². The van der Waals surface area contributed by atoms with Gasteiger partial charge in [0.2, 0.25) is 5.28 Å². The standard InChI is InChI=1S/C28H28BClN4O4.C2H6/c1-13(2)26-16(5)25(35)20-10-14(3)9-19(27(20)37-26)17(6)33-23-12-31-28(30)34-24(23)18-7-8-22-21(15(18)4)11-32-38-29(22)36;1-2/h7-13,17,33,36H,1-6H3;1-2H3. The molecule has 8 nitrogen and oxygen atoms in total. The van der Waals surface area contributed by atoms with Crippen LogP contribution in [0.2, 0.25) is 5.28 Å². The fourth-order valence-electron chi connectivity index (χ4n) is 5.03. The molecule has 0 spiro atoms. The Bertz CT molecular complexity index is 1670. The first-order chi connectivity index (χ1) is 19.1. The van der Waals surface area contributed by atoms with Gasteiger partial charge >= 0.3 is 7.12 Å². The summed E-state index contributed by atoms with van der Waals surface area (Å²) >= 11 is 6.23. The molecule has 208 valence electrons. The second-order valence-corrected chi connectivity index (χ2v) is 10.3. The molecule has 0 saturated carbocycles. The maximum absolute atomic E-state index is 13.2. The number of fused-ring (bicyclic) bond motifs is 2. The number of oxime groups is 1. The molecule has 1 atom stereocenters. The summed E-state index contributed by atoms with van der Waals surface area (Å²) in [7, 11) is -1.13. The van der Waals surface area contributed by atoms with Gasteiger partial charge in [0, 0.05) is 33.6 Å². The van der Waals surface area contributed by atoms with E-state index in [1.165, 1.54) is 0 Å². The molecule has 1 unspecified atom stereocenters. The van der Waals surface area contributed by atoms with E-state index in [-0.39, 0.29) is 22.7 Å². The highest BCUT2D eigenvalue weighted by Gasteiger charge is 2.28. The van der Waals surface area contributed by atoms with Crippen LogP contribution in [0.1, 0.15) is 80.2 Å². The molecule has 1 aliphatic heterocycles. The van der Waals surface area contributed by atoms with Crippen LogP contribution in [-0.4, -0.2) is 28.3 Å². The molecule has 0 fully saturated rings. The second kappa shape index (κ2) is 11.8. The van der Waals surface area contributed by atoms with E-state index in [9.17, 15) is 9.82 Å². The Hall–Kier alpha value is -3.69. The summed E-state index contributed by atoms with van der Waals surface area (Å²) in [5, 5.41) is 18.2. The average Bonchev–Trinajstić information content (AvgIpc) is 2.93. The van der Waals surface area contributed by atoms with Crippen LogP contribution < -0.4 is 16.2 Å². The van der Waals surface area contributed by atoms with Gasteiger partial charge in [0.25, 0.3) is 0 Å². The lowest BCUT2D eigenvalue weighted by Crippen LogP contribution is -2.38. The topological polar surface area (TPSA) is 110 Å². The number of hydrogen-bond donors (Lipinski definition) is 2. The Morgan fingerprint density at radius 2 is 1.80 bits per heavy atom. The SMILES string of the molecule is CC.Cc1cc(C(C)Nc2cnc(Cl)nc2-c2ccc3c(c2C)C=NOB3O)c2oc(C(C)C)c(C)c(=O)c2c1. The molecule has 2 N–H and O–H groups in total. The maximum atomic E-state index is 13.2. The lowest BCUT2D eigenvalue weighted by atomic mass is 9.74. The van der Waals surface area contributed by atoms with Crippen molar-refractivity contribution in [3.8, 4) is 11.3 Å². The highest BCUT2D eigenvalue weighted by atomic mass is 35.5. The van der Waals surface area contributed by atoms with Crippen LogP contribution in [0.5, 0.6) is 0 Å². The van der Waals surface area contributed by atoms with E-state index in [2.05, 4.69) is 20.4 Å². The Kier molecular flexibility index (Phi) is 8.66. The first-order valence-corrected chi connectivity index (χ1v) is 13.8. The number of anilines is 1. The summed E-state index contributed by atoms with van der Waals surface area (Å²) in [5.41, 5.74) is 7.33. The van der Waals surface area contributed by atoms with Crippen LogP contribution >= 0.6 is 11.6 Å². The number of rotatable bonds is 5. The number of benzene rings is 2. The molecule has 40 heavy (non-hydrogen) atoms. The van der Waals surface area contributed by atoms with Gasteiger partial charge in [0.1, 0.15) is 11.3 Å². The Balaban J connectivity index is 0.00000181. The van der Waals surface area contributed by atoms with Crippen molar-refractivity contribution >= 4 is 47.1 Å². The Labute approximate surface area is 239 Å². The van der Waals surface area contributed by atoms with Crippen molar-refractivity contribution in [1.29, 1.82) is 0 Å². The molecule has 0 radical (unpaired) electrons. The first-order valence-electron chi connectivity index (χ1n) is 13.4. The van der Waals surface area contributed by atoms with E-state index in [1.54, 1.807) is 18.5 Å². The summed E-state index contributed by atoms with van der Waals surface area (Å²) < 4.78 is 11.3. The Morgan fingerprint density at radius 1 is 1.07 bits per heavy atom. The Morgan fingerprint density at radius 3 is 2.50 bits per heavy atom. The van der Waals surface area contributed by atoms with Gasteiger partial charge in [-0.15, -0.1) is 5.16 Å². The van der Waals surface area contributed by atoms with Crippen LogP contribution in [-0.2, 0) is 4.76 Å². The van der Waals surface area contributed by atoms with Crippen LogP contribution in [0.4, 0.5) is 5.69 Å². The quantitative estimate of drug-likeness (QED) is 0.221. The smallest absolute Gasteiger partial charge is 0.460 e. The maximum Gasteiger partial charge on any atom is 0.583 e. The molecular weight excluding hydrogens is 527 g/mol. The highest BCUT2D eigenvalue weighted by molar-refractivity contribution is 6.62. The molecular formula is C30H34BClN4O4. The van der Waals surface area contributed by atoms with Crippen molar-refractivity contribution in [1.82, 2.24) is 9.97 Å².